The molecule has 0 saturated carbocycles. The lowest BCUT2D eigenvalue weighted by atomic mass is 10.1. The van der Waals surface area contributed by atoms with Crippen molar-refractivity contribution < 1.29 is 9.53 Å². The number of nitrogens with two attached hydrogens (primary N) is 2. The number of thiophene rings is 1. The number of carbonyl (C=O) groups excluding carboxylic acids is 1. The Labute approximate surface area is 122 Å². The fraction of sp³-hybridized carbons (Fsp3) is 0.538. The summed E-state index contributed by atoms with van der Waals surface area (Å²) in [5.41, 5.74) is 11.7. The second-order valence-electron chi connectivity index (χ2n) is 5.04. The smallest absolute Gasteiger partial charge is 0.234 e. The number of methoxy groups -OCH3 is 1. The summed E-state index contributed by atoms with van der Waals surface area (Å²) in [5.74, 6) is -0.262. The number of likely N-dealkylation sites (tertiary alicyclic amines) is 1. The van der Waals surface area contributed by atoms with E-state index < -0.39 is 0 Å². The van der Waals surface area contributed by atoms with Crippen LogP contribution >= 0.6 is 11.3 Å². The lowest BCUT2D eigenvalue weighted by Crippen LogP contribution is -2.41. The van der Waals surface area contributed by atoms with E-state index >= 15 is 0 Å². The first-order valence-corrected chi connectivity index (χ1v) is 7.32. The number of nitrogens with one attached hydrogen (secondary N) is 1. The molecular formula is C13H20N4O2S. The molecule has 0 aromatic carbocycles. The van der Waals surface area contributed by atoms with Gasteiger partial charge in [0.05, 0.1) is 12.1 Å². The maximum Gasteiger partial charge on any atom is 0.234 e. The van der Waals surface area contributed by atoms with Crippen molar-refractivity contribution in [1.29, 1.82) is 5.41 Å². The first kappa shape index (κ1) is 15.0. The minimum absolute atomic E-state index is 0.0298. The van der Waals surface area contributed by atoms with Crippen LogP contribution in [0.3, 0.4) is 0 Å². The van der Waals surface area contributed by atoms with Gasteiger partial charge in [0.15, 0.2) is 0 Å². The molecule has 0 spiro atoms. The van der Waals surface area contributed by atoms with E-state index in [4.69, 9.17) is 21.6 Å². The molecule has 1 saturated heterocycles. The van der Waals surface area contributed by atoms with Gasteiger partial charge in [0.25, 0.3) is 0 Å². The predicted molar refractivity (Wildman–Crippen MR) is 78.9 cm³/mol. The van der Waals surface area contributed by atoms with Crippen molar-refractivity contribution in [3.63, 3.8) is 0 Å². The van der Waals surface area contributed by atoms with Crippen molar-refractivity contribution in [3.8, 4) is 0 Å². The number of rotatable bonds is 5. The third-order valence-corrected chi connectivity index (χ3v) is 4.91. The zero-order valence-electron chi connectivity index (χ0n) is 11.6. The van der Waals surface area contributed by atoms with E-state index in [1.54, 1.807) is 7.11 Å². The molecule has 1 amide bonds. The Morgan fingerprint density at radius 2 is 2.30 bits per heavy atom. The highest BCUT2D eigenvalue weighted by atomic mass is 32.1. The quantitative estimate of drug-likeness (QED) is 0.548. The van der Waals surface area contributed by atoms with Crippen molar-refractivity contribution in [2.75, 3.05) is 13.7 Å². The average Bonchev–Trinajstić information content (AvgIpc) is 3.04. The van der Waals surface area contributed by atoms with Gasteiger partial charge in [-0.1, -0.05) is 0 Å². The molecule has 6 nitrogen and oxygen atoms in total. The number of nitrogens with zero attached hydrogens (tertiary/aromatic N) is 1. The molecule has 0 bridgehead atoms. The molecule has 2 unspecified atom stereocenters. The Hall–Kier alpha value is -1.44. The molecule has 0 aliphatic carbocycles. The van der Waals surface area contributed by atoms with Crippen molar-refractivity contribution in [2.24, 2.45) is 11.5 Å². The minimum atomic E-state index is -0.320. The Kier molecular flexibility index (Phi) is 4.42. The van der Waals surface area contributed by atoms with Crippen LogP contribution in [0.25, 0.3) is 0 Å². The summed E-state index contributed by atoms with van der Waals surface area (Å²) in [6.45, 7) is 2.71. The summed E-state index contributed by atoms with van der Waals surface area (Å²) >= 11 is 1.54. The first-order chi connectivity index (χ1) is 9.43. The van der Waals surface area contributed by atoms with Crippen molar-refractivity contribution in [3.05, 3.63) is 21.9 Å². The van der Waals surface area contributed by atoms with E-state index in [1.807, 2.05) is 18.4 Å². The lowest BCUT2D eigenvalue weighted by Gasteiger charge is -2.27. The topological polar surface area (TPSA) is 105 Å². The van der Waals surface area contributed by atoms with E-state index in [1.165, 1.54) is 11.3 Å². The number of primary amides is 1. The third kappa shape index (κ3) is 2.84. The van der Waals surface area contributed by atoms with Crippen LogP contribution in [0, 0.1) is 5.41 Å². The fourth-order valence-corrected chi connectivity index (χ4v) is 3.56. The van der Waals surface area contributed by atoms with E-state index in [0.717, 1.165) is 10.4 Å². The second kappa shape index (κ2) is 5.90. The van der Waals surface area contributed by atoms with Crippen LogP contribution in [0.4, 0.5) is 0 Å². The van der Waals surface area contributed by atoms with Crippen molar-refractivity contribution >= 4 is 23.1 Å². The van der Waals surface area contributed by atoms with E-state index in [0.29, 0.717) is 13.0 Å². The standard InChI is InChI=1S/C13H20N4O2S/c1-7(11-3-8(6-20-11)12(14)15)17-5-9(19-2)4-10(17)13(16)18/h3,6-7,9-10H,4-5H2,1-2H3,(H3,14,15)(H2,16,18)/t7-,9?,10?/m1/s1. The van der Waals surface area contributed by atoms with Gasteiger partial charge >= 0.3 is 0 Å². The number of hydrogen-bond donors (Lipinski definition) is 3. The summed E-state index contributed by atoms with van der Waals surface area (Å²) in [7, 11) is 1.65. The zero-order valence-corrected chi connectivity index (χ0v) is 12.4. The van der Waals surface area contributed by atoms with Gasteiger partial charge in [-0.3, -0.25) is 15.1 Å². The summed E-state index contributed by atoms with van der Waals surface area (Å²) in [6.07, 6.45) is 0.656. The van der Waals surface area contributed by atoms with Gasteiger partial charge in [-0.05, 0) is 19.4 Å². The van der Waals surface area contributed by atoms with Gasteiger partial charge in [-0.25, -0.2) is 0 Å². The molecule has 5 N–H and O–H groups in total. The van der Waals surface area contributed by atoms with Crippen LogP contribution in [-0.2, 0) is 9.53 Å². The second-order valence-corrected chi connectivity index (χ2v) is 5.98. The molecule has 1 aromatic rings. The highest BCUT2D eigenvalue weighted by Gasteiger charge is 2.39. The SMILES string of the molecule is COC1CC(C(N)=O)N([C@H](C)c2cc(C(=N)N)cs2)C1. The third-order valence-electron chi connectivity index (χ3n) is 3.80. The Morgan fingerprint density at radius 3 is 2.80 bits per heavy atom. The van der Waals surface area contributed by atoms with Gasteiger partial charge in [0.2, 0.25) is 5.91 Å². The molecule has 1 aliphatic rings. The molecule has 7 heteroatoms. The van der Waals surface area contributed by atoms with Crippen LogP contribution in [0.15, 0.2) is 11.4 Å². The molecule has 1 aromatic heterocycles. The minimum Gasteiger partial charge on any atom is -0.384 e. The zero-order chi connectivity index (χ0) is 14.9. The Bertz CT molecular complexity index is 516. The maximum absolute atomic E-state index is 11.6. The number of hydrogen-bond acceptors (Lipinski definition) is 5. The van der Waals surface area contributed by atoms with Crippen molar-refractivity contribution in [1.82, 2.24) is 4.90 Å². The number of amidine groups is 1. The number of amides is 1. The highest BCUT2D eigenvalue weighted by Crippen LogP contribution is 2.33. The molecule has 1 aliphatic heterocycles. The summed E-state index contributed by atoms with van der Waals surface area (Å²) in [5, 5.41) is 9.30. The van der Waals surface area contributed by atoms with E-state index in [-0.39, 0.29) is 29.9 Å². The van der Waals surface area contributed by atoms with Gasteiger partial charge in [-0.15, -0.1) is 11.3 Å². The Morgan fingerprint density at radius 1 is 1.60 bits per heavy atom. The number of nitrogen functional groups attached to an aromatic ring is 1. The average molecular weight is 296 g/mol. The number of ether oxygens (including phenoxy) is 1. The monoisotopic (exact) mass is 296 g/mol. The van der Waals surface area contributed by atoms with Crippen LogP contribution in [-0.4, -0.2) is 42.4 Å². The van der Waals surface area contributed by atoms with Crippen molar-refractivity contribution in [2.45, 2.75) is 31.5 Å². The summed E-state index contributed by atoms with van der Waals surface area (Å²) in [6, 6.07) is 1.64. The summed E-state index contributed by atoms with van der Waals surface area (Å²) < 4.78 is 5.35. The van der Waals surface area contributed by atoms with Gasteiger partial charge in [0, 0.05) is 35.5 Å². The van der Waals surface area contributed by atoms with Crippen LogP contribution in [0.5, 0.6) is 0 Å². The van der Waals surface area contributed by atoms with Gasteiger partial charge < -0.3 is 16.2 Å². The Balaban J connectivity index is 2.19. The maximum atomic E-state index is 11.6. The predicted octanol–water partition coefficient (Wildman–Crippen LogP) is 0.668. The van der Waals surface area contributed by atoms with Crippen LogP contribution in [0.1, 0.15) is 29.8 Å². The highest BCUT2D eigenvalue weighted by molar-refractivity contribution is 7.10. The molecule has 20 heavy (non-hydrogen) atoms. The molecule has 3 atom stereocenters. The van der Waals surface area contributed by atoms with E-state index in [9.17, 15) is 4.79 Å². The molecule has 2 rings (SSSR count). The summed E-state index contributed by atoms with van der Waals surface area (Å²) in [4.78, 5) is 14.7. The lowest BCUT2D eigenvalue weighted by molar-refractivity contribution is -0.122. The number of carbonyl (C=O) groups is 1. The normalized spacial score (nSPS) is 24.7. The largest absolute Gasteiger partial charge is 0.384 e. The van der Waals surface area contributed by atoms with Crippen LogP contribution < -0.4 is 11.5 Å². The molecular weight excluding hydrogens is 276 g/mol. The molecule has 0 radical (unpaired) electrons. The van der Waals surface area contributed by atoms with Crippen LogP contribution in [0.2, 0.25) is 0 Å². The van der Waals surface area contributed by atoms with Gasteiger partial charge in [-0.2, -0.15) is 0 Å². The molecule has 110 valence electrons. The van der Waals surface area contributed by atoms with E-state index in [2.05, 4.69) is 4.90 Å². The van der Waals surface area contributed by atoms with Gasteiger partial charge in [0.1, 0.15) is 5.84 Å². The molecule has 2 heterocycles. The first-order valence-electron chi connectivity index (χ1n) is 6.44. The fourth-order valence-electron chi connectivity index (χ4n) is 2.58. The molecule has 1 fully saturated rings.